The third kappa shape index (κ3) is 3.63. The maximum atomic E-state index is 13.6. The minimum absolute atomic E-state index is 0.00837. The Kier molecular flexibility index (Phi) is 4.59. The van der Waals surface area contributed by atoms with Gasteiger partial charge >= 0.3 is 0 Å². The minimum Gasteiger partial charge on any atom is -0.453 e. The van der Waals surface area contributed by atoms with Gasteiger partial charge in [0.1, 0.15) is 5.75 Å². The fourth-order valence-electron chi connectivity index (χ4n) is 1.39. The van der Waals surface area contributed by atoms with E-state index in [0.717, 1.165) is 6.07 Å². The molecule has 20 heavy (non-hydrogen) atoms. The van der Waals surface area contributed by atoms with E-state index in [4.69, 9.17) is 27.0 Å². The fourth-order valence-corrected chi connectivity index (χ4v) is 2.79. The molecule has 0 amide bonds. The van der Waals surface area contributed by atoms with Crippen LogP contribution in [0.4, 0.5) is 4.39 Å². The molecule has 2 rings (SSSR count). The van der Waals surface area contributed by atoms with Gasteiger partial charge in [-0.25, -0.2) is 12.8 Å². The highest BCUT2D eigenvalue weighted by molar-refractivity contribution is 9.10. The van der Waals surface area contributed by atoms with Crippen LogP contribution in [0.3, 0.4) is 0 Å². The third-order valence-electron chi connectivity index (χ3n) is 2.30. The van der Waals surface area contributed by atoms with Crippen molar-refractivity contribution >= 4 is 47.3 Å². The van der Waals surface area contributed by atoms with Crippen LogP contribution < -0.4 is 4.74 Å². The summed E-state index contributed by atoms with van der Waals surface area (Å²) in [5.74, 6) is -0.488. The molecule has 0 radical (unpaired) electrons. The SMILES string of the molecule is O=S(=O)(Cl)c1ccc(Oc2ccc(Br)cc2F)c(Cl)c1. The molecule has 0 aromatic heterocycles. The molecule has 2 aromatic carbocycles. The van der Waals surface area contributed by atoms with Crippen LogP contribution in [0.1, 0.15) is 0 Å². The van der Waals surface area contributed by atoms with Gasteiger partial charge in [0, 0.05) is 15.2 Å². The summed E-state index contributed by atoms with van der Waals surface area (Å²) in [4.78, 5) is -0.159. The highest BCUT2D eigenvalue weighted by atomic mass is 79.9. The van der Waals surface area contributed by atoms with Crippen LogP contribution in [0.25, 0.3) is 0 Å². The van der Waals surface area contributed by atoms with Gasteiger partial charge in [-0.15, -0.1) is 0 Å². The normalized spacial score (nSPS) is 11.4. The number of hydrogen-bond donors (Lipinski definition) is 0. The summed E-state index contributed by atoms with van der Waals surface area (Å²) in [7, 11) is 1.32. The smallest absolute Gasteiger partial charge is 0.261 e. The van der Waals surface area contributed by atoms with Crippen LogP contribution in [0.2, 0.25) is 5.02 Å². The molecule has 0 saturated heterocycles. The highest BCUT2D eigenvalue weighted by Gasteiger charge is 2.14. The Labute approximate surface area is 132 Å². The Morgan fingerprint density at radius 3 is 2.30 bits per heavy atom. The van der Waals surface area contributed by atoms with Gasteiger partial charge in [-0.2, -0.15) is 0 Å². The van der Waals surface area contributed by atoms with E-state index < -0.39 is 14.9 Å². The summed E-state index contributed by atoms with van der Waals surface area (Å²) in [6.45, 7) is 0. The molecule has 0 N–H and O–H groups in total. The minimum atomic E-state index is -3.88. The van der Waals surface area contributed by atoms with Crippen LogP contribution in [0.5, 0.6) is 11.5 Å². The Hall–Kier alpha value is -0.820. The molecule has 0 spiro atoms. The largest absolute Gasteiger partial charge is 0.453 e. The molecule has 106 valence electrons. The Bertz CT molecular complexity index is 765. The molecule has 8 heteroatoms. The van der Waals surface area contributed by atoms with Crippen molar-refractivity contribution in [2.45, 2.75) is 4.90 Å². The van der Waals surface area contributed by atoms with Crippen molar-refractivity contribution in [2.24, 2.45) is 0 Å². The van der Waals surface area contributed by atoms with Gasteiger partial charge in [0.2, 0.25) is 0 Å². The van der Waals surface area contributed by atoms with Gasteiger partial charge in [0.15, 0.2) is 11.6 Å². The quantitative estimate of drug-likeness (QED) is 0.685. The number of hydrogen-bond acceptors (Lipinski definition) is 3. The summed E-state index contributed by atoms with van der Waals surface area (Å²) in [6, 6.07) is 7.92. The van der Waals surface area contributed by atoms with Crippen molar-refractivity contribution in [3.63, 3.8) is 0 Å². The Morgan fingerprint density at radius 2 is 1.75 bits per heavy atom. The Balaban J connectivity index is 2.35. The summed E-state index contributed by atoms with van der Waals surface area (Å²) in [5, 5.41) is 0.00837. The lowest BCUT2D eigenvalue weighted by atomic mass is 10.3. The Morgan fingerprint density at radius 1 is 1.10 bits per heavy atom. The van der Waals surface area contributed by atoms with Crippen LogP contribution in [0.15, 0.2) is 45.8 Å². The first kappa shape index (κ1) is 15.6. The summed E-state index contributed by atoms with van der Waals surface area (Å²) >= 11 is 9.01. The topological polar surface area (TPSA) is 43.4 Å². The second-order valence-corrected chi connectivity index (χ2v) is 7.60. The first-order valence-corrected chi connectivity index (χ1v) is 8.62. The van der Waals surface area contributed by atoms with E-state index in [1.54, 1.807) is 6.07 Å². The van der Waals surface area contributed by atoms with E-state index in [-0.39, 0.29) is 21.4 Å². The highest BCUT2D eigenvalue weighted by Crippen LogP contribution is 2.33. The molecule has 0 saturated carbocycles. The van der Waals surface area contributed by atoms with Crippen LogP contribution in [-0.2, 0) is 9.05 Å². The lowest BCUT2D eigenvalue weighted by Gasteiger charge is -2.09. The molecule has 0 bridgehead atoms. The van der Waals surface area contributed by atoms with Crippen LogP contribution in [-0.4, -0.2) is 8.42 Å². The summed E-state index contributed by atoms with van der Waals surface area (Å²) < 4.78 is 41.8. The fraction of sp³-hybridized carbons (Fsp3) is 0. The standard InChI is InChI=1S/C12H6BrCl2FO3S/c13-7-1-3-12(10(16)5-7)19-11-4-2-8(6-9(11)14)20(15,17)18/h1-6H. The maximum Gasteiger partial charge on any atom is 0.261 e. The average Bonchev–Trinajstić information content (AvgIpc) is 2.33. The summed E-state index contributed by atoms with van der Waals surface area (Å²) in [6.07, 6.45) is 0. The van der Waals surface area contributed by atoms with E-state index >= 15 is 0 Å². The molecule has 0 unspecified atom stereocenters. The number of rotatable bonds is 3. The molecule has 0 aliphatic heterocycles. The number of benzene rings is 2. The zero-order chi connectivity index (χ0) is 14.9. The van der Waals surface area contributed by atoms with Crippen molar-refractivity contribution in [1.29, 1.82) is 0 Å². The second-order valence-electron chi connectivity index (χ2n) is 3.71. The van der Waals surface area contributed by atoms with Crippen molar-refractivity contribution in [3.05, 3.63) is 51.7 Å². The summed E-state index contributed by atoms with van der Waals surface area (Å²) in [5.41, 5.74) is 0. The van der Waals surface area contributed by atoms with Crippen molar-refractivity contribution in [3.8, 4) is 11.5 Å². The first-order valence-electron chi connectivity index (χ1n) is 5.14. The van der Waals surface area contributed by atoms with Crippen molar-refractivity contribution in [1.82, 2.24) is 0 Å². The molecule has 0 aliphatic rings. The second kappa shape index (κ2) is 5.89. The van der Waals surface area contributed by atoms with Crippen molar-refractivity contribution < 1.29 is 17.5 Å². The van der Waals surface area contributed by atoms with Crippen LogP contribution in [0, 0.1) is 5.82 Å². The van der Waals surface area contributed by atoms with E-state index in [0.29, 0.717) is 4.47 Å². The predicted octanol–water partition coefficient (Wildman–Crippen LogP) is 4.96. The molecule has 2 aromatic rings. The van der Waals surface area contributed by atoms with Gasteiger partial charge < -0.3 is 4.74 Å². The lowest BCUT2D eigenvalue weighted by Crippen LogP contribution is -1.93. The van der Waals surface area contributed by atoms with E-state index in [2.05, 4.69) is 15.9 Å². The molecule has 0 fully saturated rings. The van der Waals surface area contributed by atoms with E-state index in [9.17, 15) is 12.8 Å². The molecular weight excluding hydrogens is 394 g/mol. The van der Waals surface area contributed by atoms with Gasteiger partial charge in [-0.05, 0) is 36.4 Å². The van der Waals surface area contributed by atoms with Crippen molar-refractivity contribution in [2.75, 3.05) is 0 Å². The molecule has 0 heterocycles. The molecule has 0 aliphatic carbocycles. The lowest BCUT2D eigenvalue weighted by molar-refractivity contribution is 0.442. The molecule has 3 nitrogen and oxygen atoms in total. The van der Waals surface area contributed by atoms with Gasteiger partial charge in [0.05, 0.1) is 9.92 Å². The zero-order valence-electron chi connectivity index (χ0n) is 9.61. The third-order valence-corrected chi connectivity index (χ3v) is 4.44. The molecule has 0 atom stereocenters. The number of halogens is 4. The monoisotopic (exact) mass is 398 g/mol. The predicted molar refractivity (Wildman–Crippen MR) is 78.7 cm³/mol. The van der Waals surface area contributed by atoms with Gasteiger partial charge in [0.25, 0.3) is 9.05 Å². The van der Waals surface area contributed by atoms with E-state index in [1.165, 1.54) is 24.3 Å². The first-order chi connectivity index (χ1) is 9.27. The van der Waals surface area contributed by atoms with Gasteiger partial charge in [-0.1, -0.05) is 27.5 Å². The number of ether oxygens (including phenoxy) is 1. The van der Waals surface area contributed by atoms with E-state index in [1.807, 2.05) is 0 Å². The zero-order valence-corrected chi connectivity index (χ0v) is 13.5. The van der Waals surface area contributed by atoms with Crippen LogP contribution >= 0.6 is 38.2 Å². The van der Waals surface area contributed by atoms with Gasteiger partial charge in [-0.3, -0.25) is 0 Å². The molecular formula is C12H6BrCl2FO3S. The maximum absolute atomic E-state index is 13.6. The average molecular weight is 400 g/mol.